The molecule has 1 aliphatic rings. The Morgan fingerprint density at radius 1 is 1.17 bits per heavy atom. The SMILES string of the molecule is Cc1cccc(C(CNS(=O)(=O)c2cccc([N+](=O)[O-])c2C)N2CCOCC2)c1. The highest BCUT2D eigenvalue weighted by Gasteiger charge is 2.27. The summed E-state index contributed by atoms with van der Waals surface area (Å²) in [6.45, 7) is 6.21. The summed E-state index contributed by atoms with van der Waals surface area (Å²) in [5, 5.41) is 11.2. The standard InChI is InChI=1S/C20H25N3O5S/c1-15-5-3-6-17(13-15)19(22-9-11-28-12-10-22)14-21-29(26,27)20-8-4-7-18(16(20)2)23(24)25/h3-8,13,19,21H,9-12,14H2,1-2H3. The van der Waals surface area contributed by atoms with Crippen LogP contribution in [0, 0.1) is 24.0 Å². The minimum absolute atomic E-state index is 0.0725. The van der Waals surface area contributed by atoms with Crippen LogP contribution in [0.25, 0.3) is 0 Å². The van der Waals surface area contributed by atoms with Crippen molar-refractivity contribution < 1.29 is 18.1 Å². The summed E-state index contributed by atoms with van der Waals surface area (Å²) in [5.41, 5.74) is 2.03. The minimum Gasteiger partial charge on any atom is -0.379 e. The lowest BCUT2D eigenvalue weighted by molar-refractivity contribution is -0.385. The average Bonchev–Trinajstić information content (AvgIpc) is 2.69. The van der Waals surface area contributed by atoms with Crippen molar-refractivity contribution in [1.82, 2.24) is 9.62 Å². The predicted octanol–water partition coefficient (Wildman–Crippen LogP) is 2.56. The van der Waals surface area contributed by atoms with Gasteiger partial charge in [-0.15, -0.1) is 0 Å². The summed E-state index contributed by atoms with van der Waals surface area (Å²) in [7, 11) is -3.91. The van der Waals surface area contributed by atoms with Crippen LogP contribution in [-0.4, -0.2) is 51.1 Å². The van der Waals surface area contributed by atoms with E-state index in [1.54, 1.807) is 0 Å². The Morgan fingerprint density at radius 2 is 1.86 bits per heavy atom. The van der Waals surface area contributed by atoms with E-state index < -0.39 is 14.9 Å². The molecular weight excluding hydrogens is 394 g/mol. The molecule has 9 heteroatoms. The van der Waals surface area contributed by atoms with Gasteiger partial charge in [0.1, 0.15) is 0 Å². The monoisotopic (exact) mass is 419 g/mol. The summed E-state index contributed by atoms with van der Waals surface area (Å²) >= 11 is 0. The number of sulfonamides is 1. The summed E-state index contributed by atoms with van der Waals surface area (Å²) < 4.78 is 34.0. The van der Waals surface area contributed by atoms with E-state index >= 15 is 0 Å². The maximum Gasteiger partial charge on any atom is 0.273 e. The molecule has 8 nitrogen and oxygen atoms in total. The van der Waals surface area contributed by atoms with Gasteiger partial charge in [-0.2, -0.15) is 0 Å². The lowest BCUT2D eigenvalue weighted by atomic mass is 10.0. The number of ether oxygens (including phenoxy) is 1. The normalized spacial score (nSPS) is 16.5. The number of hydrogen-bond donors (Lipinski definition) is 1. The van der Waals surface area contributed by atoms with Crippen LogP contribution in [0.2, 0.25) is 0 Å². The molecule has 29 heavy (non-hydrogen) atoms. The van der Waals surface area contributed by atoms with E-state index in [2.05, 4.69) is 9.62 Å². The van der Waals surface area contributed by atoms with Crippen LogP contribution in [0.3, 0.4) is 0 Å². The second-order valence-electron chi connectivity index (χ2n) is 7.09. The third-order valence-electron chi connectivity index (χ3n) is 5.12. The van der Waals surface area contributed by atoms with Crippen molar-refractivity contribution in [1.29, 1.82) is 0 Å². The summed E-state index contributed by atoms with van der Waals surface area (Å²) in [6, 6.07) is 11.9. The first-order valence-electron chi connectivity index (χ1n) is 9.41. The van der Waals surface area contributed by atoms with Gasteiger partial charge in [-0.05, 0) is 25.5 Å². The zero-order chi connectivity index (χ0) is 21.0. The third-order valence-corrected chi connectivity index (χ3v) is 6.69. The van der Waals surface area contributed by atoms with E-state index in [1.807, 2.05) is 31.2 Å². The maximum atomic E-state index is 12.9. The minimum atomic E-state index is -3.91. The molecule has 0 saturated carbocycles. The van der Waals surface area contributed by atoms with Crippen molar-refractivity contribution in [3.05, 3.63) is 69.3 Å². The molecule has 0 spiro atoms. The van der Waals surface area contributed by atoms with E-state index in [4.69, 9.17) is 4.74 Å². The highest BCUT2D eigenvalue weighted by Crippen LogP contribution is 2.26. The number of nitrogens with one attached hydrogen (secondary N) is 1. The number of hydrogen-bond acceptors (Lipinski definition) is 6. The molecule has 1 unspecified atom stereocenters. The van der Waals surface area contributed by atoms with Crippen molar-refractivity contribution >= 4 is 15.7 Å². The van der Waals surface area contributed by atoms with Crippen LogP contribution in [0.4, 0.5) is 5.69 Å². The van der Waals surface area contributed by atoms with Gasteiger partial charge in [-0.1, -0.05) is 35.9 Å². The zero-order valence-electron chi connectivity index (χ0n) is 16.5. The number of rotatable bonds is 7. The quantitative estimate of drug-likeness (QED) is 0.547. The molecule has 2 aromatic rings. The Bertz CT molecular complexity index is 987. The molecule has 1 N–H and O–H groups in total. The molecule has 0 amide bonds. The number of aryl methyl sites for hydroxylation is 1. The first kappa shape index (κ1) is 21.4. The molecule has 1 heterocycles. The number of nitro benzene ring substituents is 1. The van der Waals surface area contributed by atoms with Crippen molar-refractivity contribution in [2.45, 2.75) is 24.8 Å². The first-order chi connectivity index (χ1) is 13.8. The Balaban J connectivity index is 1.87. The van der Waals surface area contributed by atoms with Gasteiger partial charge >= 0.3 is 0 Å². The highest BCUT2D eigenvalue weighted by atomic mass is 32.2. The molecule has 1 saturated heterocycles. The van der Waals surface area contributed by atoms with E-state index in [9.17, 15) is 18.5 Å². The molecule has 156 valence electrons. The molecule has 1 aliphatic heterocycles. The second-order valence-corrected chi connectivity index (χ2v) is 8.82. The molecule has 0 bridgehead atoms. The van der Waals surface area contributed by atoms with E-state index in [-0.39, 0.29) is 28.7 Å². The van der Waals surface area contributed by atoms with Crippen LogP contribution in [0.1, 0.15) is 22.7 Å². The number of nitro groups is 1. The molecule has 0 aromatic heterocycles. The van der Waals surface area contributed by atoms with Crippen molar-refractivity contribution in [3.8, 4) is 0 Å². The van der Waals surface area contributed by atoms with E-state index in [1.165, 1.54) is 25.1 Å². The average molecular weight is 420 g/mol. The van der Waals surface area contributed by atoms with Crippen LogP contribution >= 0.6 is 0 Å². The van der Waals surface area contributed by atoms with Crippen LogP contribution in [0.15, 0.2) is 47.4 Å². The van der Waals surface area contributed by atoms with Crippen molar-refractivity contribution in [2.75, 3.05) is 32.8 Å². The van der Waals surface area contributed by atoms with Crippen LogP contribution in [0.5, 0.6) is 0 Å². The highest BCUT2D eigenvalue weighted by molar-refractivity contribution is 7.89. The lowest BCUT2D eigenvalue weighted by Gasteiger charge is -2.35. The maximum absolute atomic E-state index is 12.9. The molecule has 1 fully saturated rings. The van der Waals surface area contributed by atoms with Gasteiger partial charge in [0.2, 0.25) is 10.0 Å². The number of morpholine rings is 1. The largest absolute Gasteiger partial charge is 0.379 e. The van der Waals surface area contributed by atoms with Gasteiger partial charge < -0.3 is 4.74 Å². The summed E-state index contributed by atoms with van der Waals surface area (Å²) in [4.78, 5) is 12.7. The summed E-state index contributed by atoms with van der Waals surface area (Å²) in [5.74, 6) is 0. The molecular formula is C20H25N3O5S. The lowest BCUT2D eigenvalue weighted by Crippen LogP contribution is -2.43. The predicted molar refractivity (Wildman–Crippen MR) is 109 cm³/mol. The van der Waals surface area contributed by atoms with Gasteiger partial charge in [0.05, 0.1) is 23.0 Å². The number of benzene rings is 2. The molecule has 0 aliphatic carbocycles. The van der Waals surface area contributed by atoms with Crippen LogP contribution < -0.4 is 4.72 Å². The molecule has 2 aromatic carbocycles. The topological polar surface area (TPSA) is 102 Å². The van der Waals surface area contributed by atoms with Gasteiger partial charge in [-0.3, -0.25) is 15.0 Å². The smallest absolute Gasteiger partial charge is 0.273 e. The fourth-order valence-electron chi connectivity index (χ4n) is 3.58. The van der Waals surface area contributed by atoms with Gasteiger partial charge in [-0.25, -0.2) is 13.1 Å². The van der Waals surface area contributed by atoms with Crippen molar-refractivity contribution in [2.24, 2.45) is 0 Å². The Kier molecular flexibility index (Phi) is 6.63. The van der Waals surface area contributed by atoms with E-state index in [0.29, 0.717) is 26.3 Å². The van der Waals surface area contributed by atoms with Gasteiger partial charge in [0, 0.05) is 37.3 Å². The Labute approximate surface area is 170 Å². The first-order valence-corrected chi connectivity index (χ1v) is 10.9. The zero-order valence-corrected chi connectivity index (χ0v) is 17.3. The third kappa shape index (κ3) is 4.99. The molecule has 0 radical (unpaired) electrons. The number of nitrogens with zero attached hydrogens (tertiary/aromatic N) is 2. The fraction of sp³-hybridized carbons (Fsp3) is 0.400. The van der Waals surface area contributed by atoms with Crippen molar-refractivity contribution in [3.63, 3.8) is 0 Å². The van der Waals surface area contributed by atoms with Gasteiger partial charge in [0.15, 0.2) is 0 Å². The summed E-state index contributed by atoms with van der Waals surface area (Å²) in [6.07, 6.45) is 0. The Morgan fingerprint density at radius 3 is 2.52 bits per heavy atom. The molecule has 1 atom stereocenters. The van der Waals surface area contributed by atoms with Gasteiger partial charge in [0.25, 0.3) is 5.69 Å². The van der Waals surface area contributed by atoms with E-state index in [0.717, 1.165) is 11.1 Å². The Hall–Kier alpha value is -2.33. The fourth-order valence-corrected chi connectivity index (χ4v) is 4.88. The van der Waals surface area contributed by atoms with Crippen LogP contribution in [-0.2, 0) is 14.8 Å². The molecule has 3 rings (SSSR count). The second kappa shape index (κ2) is 9.00.